The van der Waals surface area contributed by atoms with E-state index < -0.39 is 0 Å². The maximum Gasteiger partial charge on any atom is 0.258 e. The first-order valence-corrected chi connectivity index (χ1v) is 6.60. The lowest BCUT2D eigenvalue weighted by atomic mass is 10.0. The number of benzene rings is 1. The van der Waals surface area contributed by atoms with Gasteiger partial charge in [0.2, 0.25) is 0 Å². The van der Waals surface area contributed by atoms with E-state index in [2.05, 4.69) is 6.92 Å². The van der Waals surface area contributed by atoms with E-state index in [-0.39, 0.29) is 18.6 Å². The number of furan rings is 1. The summed E-state index contributed by atoms with van der Waals surface area (Å²) in [4.78, 5) is 14.4. The number of nitrogens with zero attached hydrogens (tertiary/aromatic N) is 1. The Bertz CT molecular complexity index is 604. The van der Waals surface area contributed by atoms with Crippen molar-refractivity contribution in [3.63, 3.8) is 0 Å². The third-order valence-electron chi connectivity index (χ3n) is 4.04. The maximum absolute atomic E-state index is 12.6. The number of amides is 1. The van der Waals surface area contributed by atoms with E-state index >= 15 is 0 Å². The van der Waals surface area contributed by atoms with Crippen LogP contribution in [0.1, 0.15) is 23.7 Å². The molecule has 2 atom stereocenters. The van der Waals surface area contributed by atoms with Gasteiger partial charge in [0.05, 0.1) is 18.2 Å². The molecule has 0 bridgehead atoms. The zero-order chi connectivity index (χ0) is 13.4. The molecular formula is C15H17NO3. The first-order valence-electron chi connectivity index (χ1n) is 6.60. The number of fused-ring (bicyclic) bond motifs is 1. The van der Waals surface area contributed by atoms with Gasteiger partial charge in [0.1, 0.15) is 11.8 Å². The Morgan fingerprint density at radius 2 is 2.26 bits per heavy atom. The van der Waals surface area contributed by atoms with Crippen molar-refractivity contribution < 1.29 is 14.3 Å². The first kappa shape index (κ1) is 12.2. The first-order chi connectivity index (χ1) is 9.22. The second-order valence-corrected chi connectivity index (χ2v) is 5.16. The van der Waals surface area contributed by atoms with Crippen LogP contribution >= 0.6 is 0 Å². The minimum Gasteiger partial charge on any atom is -0.463 e. The molecule has 0 saturated carbocycles. The summed E-state index contributed by atoms with van der Waals surface area (Å²) in [6, 6.07) is 7.43. The summed E-state index contributed by atoms with van der Waals surface area (Å²) in [6.07, 6.45) is 2.46. The summed E-state index contributed by atoms with van der Waals surface area (Å²) in [5.74, 6) is 0.292. The Balaban J connectivity index is 1.96. The van der Waals surface area contributed by atoms with Crippen LogP contribution in [0.3, 0.4) is 0 Å². The molecule has 4 nitrogen and oxygen atoms in total. The molecule has 100 valence electrons. The second kappa shape index (κ2) is 4.70. The van der Waals surface area contributed by atoms with Crippen molar-refractivity contribution in [3.8, 4) is 0 Å². The lowest BCUT2D eigenvalue weighted by Crippen LogP contribution is -2.39. The highest BCUT2D eigenvalue weighted by Crippen LogP contribution is 2.28. The van der Waals surface area contributed by atoms with Gasteiger partial charge >= 0.3 is 0 Å². The third-order valence-corrected chi connectivity index (χ3v) is 4.04. The number of hydrogen-bond donors (Lipinski definition) is 1. The van der Waals surface area contributed by atoms with Crippen LogP contribution in [0.4, 0.5) is 0 Å². The van der Waals surface area contributed by atoms with Gasteiger partial charge < -0.3 is 14.4 Å². The van der Waals surface area contributed by atoms with E-state index in [0.29, 0.717) is 18.0 Å². The van der Waals surface area contributed by atoms with E-state index in [0.717, 1.165) is 17.4 Å². The van der Waals surface area contributed by atoms with Crippen molar-refractivity contribution in [2.24, 2.45) is 5.92 Å². The van der Waals surface area contributed by atoms with Gasteiger partial charge in [-0.05, 0) is 18.4 Å². The maximum atomic E-state index is 12.6. The van der Waals surface area contributed by atoms with E-state index in [1.54, 1.807) is 4.90 Å². The Labute approximate surface area is 111 Å². The van der Waals surface area contributed by atoms with Crippen molar-refractivity contribution in [3.05, 3.63) is 36.1 Å². The number of hydrogen-bond acceptors (Lipinski definition) is 3. The molecule has 0 radical (unpaired) electrons. The van der Waals surface area contributed by atoms with Crippen LogP contribution in [0, 0.1) is 5.92 Å². The fourth-order valence-electron chi connectivity index (χ4n) is 2.84. The van der Waals surface area contributed by atoms with Gasteiger partial charge in [-0.1, -0.05) is 25.1 Å². The Morgan fingerprint density at radius 1 is 1.47 bits per heavy atom. The number of carbonyl (C=O) groups is 1. The SMILES string of the molecule is CC1CCN(C(=O)c2coc3ccccc23)C1CO. The number of likely N-dealkylation sites (tertiary alicyclic amines) is 1. The number of para-hydroxylation sites is 1. The number of aliphatic hydroxyl groups is 1. The molecule has 2 aromatic rings. The molecule has 1 aromatic carbocycles. The van der Waals surface area contributed by atoms with Gasteiger partial charge in [-0.25, -0.2) is 0 Å². The highest BCUT2D eigenvalue weighted by Gasteiger charge is 2.35. The molecular weight excluding hydrogens is 242 g/mol. The molecule has 1 amide bonds. The van der Waals surface area contributed by atoms with Gasteiger partial charge in [0.15, 0.2) is 0 Å². The lowest BCUT2D eigenvalue weighted by Gasteiger charge is -2.24. The van der Waals surface area contributed by atoms with Crippen LogP contribution in [-0.2, 0) is 0 Å². The number of rotatable bonds is 2. The molecule has 0 aliphatic carbocycles. The average molecular weight is 259 g/mol. The minimum absolute atomic E-state index is 0.0166. The molecule has 1 saturated heterocycles. The van der Waals surface area contributed by atoms with Crippen LogP contribution in [0.5, 0.6) is 0 Å². The third kappa shape index (κ3) is 1.92. The molecule has 3 rings (SSSR count). The highest BCUT2D eigenvalue weighted by molar-refractivity contribution is 6.06. The quantitative estimate of drug-likeness (QED) is 0.900. The van der Waals surface area contributed by atoms with Gasteiger partial charge in [-0.2, -0.15) is 0 Å². The topological polar surface area (TPSA) is 53.7 Å². The van der Waals surface area contributed by atoms with Crippen LogP contribution in [0.15, 0.2) is 34.9 Å². The average Bonchev–Trinajstić information content (AvgIpc) is 3.01. The predicted octanol–water partition coefficient (Wildman–Crippen LogP) is 2.28. The van der Waals surface area contributed by atoms with E-state index in [4.69, 9.17) is 4.42 Å². The molecule has 1 aliphatic heterocycles. The predicted molar refractivity (Wildman–Crippen MR) is 71.9 cm³/mol. The molecule has 4 heteroatoms. The lowest BCUT2D eigenvalue weighted by molar-refractivity contribution is 0.0649. The van der Waals surface area contributed by atoms with Crippen molar-refractivity contribution in [2.75, 3.05) is 13.2 Å². The number of carbonyl (C=O) groups excluding carboxylic acids is 1. The molecule has 1 N–H and O–H groups in total. The van der Waals surface area contributed by atoms with Gasteiger partial charge in [-0.3, -0.25) is 4.79 Å². The monoisotopic (exact) mass is 259 g/mol. The molecule has 1 aromatic heterocycles. The fourth-order valence-corrected chi connectivity index (χ4v) is 2.84. The van der Waals surface area contributed by atoms with Crippen LogP contribution in [0.25, 0.3) is 11.0 Å². The molecule has 0 spiro atoms. The summed E-state index contributed by atoms with van der Waals surface area (Å²) in [7, 11) is 0. The van der Waals surface area contributed by atoms with Gasteiger partial charge in [0.25, 0.3) is 5.91 Å². The van der Waals surface area contributed by atoms with Gasteiger partial charge in [-0.15, -0.1) is 0 Å². The minimum atomic E-state index is -0.0823. The number of aliphatic hydroxyl groups excluding tert-OH is 1. The summed E-state index contributed by atoms with van der Waals surface area (Å²) in [6.45, 7) is 2.79. The Morgan fingerprint density at radius 3 is 3.05 bits per heavy atom. The largest absolute Gasteiger partial charge is 0.463 e. The summed E-state index contributed by atoms with van der Waals surface area (Å²) < 4.78 is 5.42. The highest BCUT2D eigenvalue weighted by atomic mass is 16.3. The van der Waals surface area contributed by atoms with Crippen LogP contribution in [0.2, 0.25) is 0 Å². The summed E-state index contributed by atoms with van der Waals surface area (Å²) >= 11 is 0. The molecule has 2 unspecified atom stereocenters. The second-order valence-electron chi connectivity index (χ2n) is 5.16. The van der Waals surface area contributed by atoms with Crippen molar-refractivity contribution in [1.29, 1.82) is 0 Å². The zero-order valence-corrected chi connectivity index (χ0v) is 10.9. The normalized spacial score (nSPS) is 23.2. The summed E-state index contributed by atoms with van der Waals surface area (Å²) in [5.41, 5.74) is 1.31. The smallest absolute Gasteiger partial charge is 0.258 e. The zero-order valence-electron chi connectivity index (χ0n) is 10.9. The van der Waals surface area contributed by atoms with Crippen molar-refractivity contribution in [2.45, 2.75) is 19.4 Å². The Kier molecular flexibility index (Phi) is 3.03. The summed E-state index contributed by atoms with van der Waals surface area (Å²) in [5, 5.41) is 10.3. The van der Waals surface area contributed by atoms with E-state index in [1.165, 1.54) is 6.26 Å². The fraction of sp³-hybridized carbons (Fsp3) is 0.400. The Hall–Kier alpha value is -1.81. The van der Waals surface area contributed by atoms with E-state index in [9.17, 15) is 9.90 Å². The molecule has 19 heavy (non-hydrogen) atoms. The molecule has 1 aliphatic rings. The van der Waals surface area contributed by atoms with E-state index in [1.807, 2.05) is 24.3 Å². The standard InChI is InChI=1S/C15H17NO3/c1-10-6-7-16(13(10)8-17)15(18)12-9-19-14-5-3-2-4-11(12)14/h2-5,9-10,13,17H,6-8H2,1H3. The van der Waals surface area contributed by atoms with Crippen molar-refractivity contribution in [1.82, 2.24) is 4.90 Å². The van der Waals surface area contributed by atoms with Crippen LogP contribution in [-0.4, -0.2) is 35.1 Å². The van der Waals surface area contributed by atoms with Gasteiger partial charge in [0, 0.05) is 11.9 Å². The molecule has 2 heterocycles. The van der Waals surface area contributed by atoms with Crippen molar-refractivity contribution >= 4 is 16.9 Å². The van der Waals surface area contributed by atoms with Crippen LogP contribution < -0.4 is 0 Å². The molecule has 1 fully saturated rings.